The van der Waals surface area contributed by atoms with Crippen LogP contribution in [0, 0.1) is 0 Å². The highest BCUT2D eigenvalue weighted by Gasteiger charge is 2.34. The van der Waals surface area contributed by atoms with Gasteiger partial charge in [-0.05, 0) is 30.3 Å². The number of nitrogens with zero attached hydrogens (tertiary/aromatic N) is 4. The number of hydrogen-bond donors (Lipinski definition) is 1. The van der Waals surface area contributed by atoms with Gasteiger partial charge in [0.2, 0.25) is 0 Å². The molecule has 0 aliphatic carbocycles. The van der Waals surface area contributed by atoms with Gasteiger partial charge in [-0.15, -0.1) is 11.3 Å². The Labute approximate surface area is 179 Å². The van der Waals surface area contributed by atoms with E-state index in [0.29, 0.717) is 10.6 Å². The number of nitrogens with one attached hydrogen (secondary N) is 1. The molecule has 4 heterocycles. The summed E-state index contributed by atoms with van der Waals surface area (Å²) in [6, 6.07) is 9.55. The Hall–Kier alpha value is -2.77. The van der Waals surface area contributed by atoms with Gasteiger partial charge >= 0.3 is 6.18 Å². The zero-order chi connectivity index (χ0) is 22.2. The van der Waals surface area contributed by atoms with Crippen molar-refractivity contribution in [1.29, 1.82) is 0 Å². The fourth-order valence-corrected chi connectivity index (χ4v) is 5.97. The highest BCUT2D eigenvalue weighted by molar-refractivity contribution is 7.91. The van der Waals surface area contributed by atoms with Crippen molar-refractivity contribution in [2.45, 2.75) is 10.4 Å². The molecular formula is C18H16F3N5O3S2. The summed E-state index contributed by atoms with van der Waals surface area (Å²) in [4.78, 5) is 17.0. The summed E-state index contributed by atoms with van der Waals surface area (Å²) in [6.07, 6.45) is -4.54. The molecule has 0 aromatic carbocycles. The fourth-order valence-electron chi connectivity index (χ4n) is 3.12. The highest BCUT2D eigenvalue weighted by atomic mass is 32.2. The van der Waals surface area contributed by atoms with Crippen LogP contribution in [0.15, 0.2) is 51.5 Å². The SMILES string of the molecule is O=c1ccc(-c2ccc(S(=O)(=O)N3CCN(c4cccc(C(F)(F)F)n4)CC3)s2)n[nH]1. The second-order valence-electron chi connectivity index (χ2n) is 6.70. The lowest BCUT2D eigenvalue weighted by atomic mass is 10.3. The molecular weight excluding hydrogens is 455 g/mol. The summed E-state index contributed by atoms with van der Waals surface area (Å²) >= 11 is 1.03. The van der Waals surface area contributed by atoms with Crippen LogP contribution in [-0.2, 0) is 16.2 Å². The number of thiophene rings is 1. The number of piperazine rings is 1. The number of pyridine rings is 1. The molecule has 0 amide bonds. The summed E-state index contributed by atoms with van der Waals surface area (Å²) in [7, 11) is -3.77. The smallest absolute Gasteiger partial charge is 0.354 e. The first-order chi connectivity index (χ1) is 14.6. The standard InChI is InChI=1S/C18H16F3N5O3S2/c19-18(20,21)14-2-1-3-15(22-14)25-8-10-26(11-9-25)31(28,29)17-7-5-13(30-17)12-4-6-16(27)24-23-12/h1-7H,8-11H2,(H,24,27). The molecule has 4 rings (SSSR count). The maximum atomic E-state index is 13.0. The van der Waals surface area contributed by atoms with Crippen LogP contribution in [0.3, 0.4) is 0 Å². The molecule has 0 bridgehead atoms. The zero-order valence-electron chi connectivity index (χ0n) is 15.8. The van der Waals surface area contributed by atoms with Gasteiger partial charge in [-0.25, -0.2) is 18.5 Å². The Morgan fingerprint density at radius 2 is 1.74 bits per heavy atom. The molecule has 0 atom stereocenters. The second kappa shape index (κ2) is 8.05. The highest BCUT2D eigenvalue weighted by Crippen LogP contribution is 2.32. The normalized spacial score (nSPS) is 15.9. The van der Waals surface area contributed by atoms with Crippen LogP contribution in [0.2, 0.25) is 0 Å². The molecule has 3 aromatic rings. The quantitative estimate of drug-likeness (QED) is 0.628. The molecule has 1 saturated heterocycles. The van der Waals surface area contributed by atoms with E-state index in [4.69, 9.17) is 0 Å². The van der Waals surface area contributed by atoms with Gasteiger partial charge in [0.05, 0.1) is 4.88 Å². The number of aromatic nitrogens is 3. The number of alkyl halides is 3. The zero-order valence-corrected chi connectivity index (χ0v) is 17.5. The molecule has 1 aliphatic rings. The first kappa shape index (κ1) is 21.5. The summed E-state index contributed by atoms with van der Waals surface area (Å²) < 4.78 is 66.1. The van der Waals surface area contributed by atoms with E-state index in [1.165, 1.54) is 34.6 Å². The van der Waals surface area contributed by atoms with E-state index in [2.05, 4.69) is 15.2 Å². The first-order valence-corrected chi connectivity index (χ1v) is 11.4. The van der Waals surface area contributed by atoms with E-state index in [0.717, 1.165) is 17.4 Å². The van der Waals surface area contributed by atoms with Crippen LogP contribution in [-0.4, -0.2) is 54.1 Å². The topological polar surface area (TPSA) is 99.3 Å². The molecule has 1 N–H and O–H groups in total. The average Bonchev–Trinajstić information content (AvgIpc) is 3.25. The molecule has 0 saturated carbocycles. The van der Waals surface area contributed by atoms with E-state index in [1.54, 1.807) is 11.0 Å². The first-order valence-electron chi connectivity index (χ1n) is 9.10. The van der Waals surface area contributed by atoms with Crippen LogP contribution in [0.1, 0.15) is 5.69 Å². The van der Waals surface area contributed by atoms with Crippen LogP contribution >= 0.6 is 11.3 Å². The number of aromatic amines is 1. The van der Waals surface area contributed by atoms with Crippen LogP contribution in [0.25, 0.3) is 10.6 Å². The molecule has 31 heavy (non-hydrogen) atoms. The minimum Gasteiger partial charge on any atom is -0.354 e. The Kier molecular flexibility index (Phi) is 5.58. The van der Waals surface area contributed by atoms with Gasteiger partial charge in [-0.2, -0.15) is 22.6 Å². The van der Waals surface area contributed by atoms with Gasteiger partial charge in [-0.3, -0.25) is 4.79 Å². The van der Waals surface area contributed by atoms with Crippen molar-refractivity contribution < 1.29 is 21.6 Å². The van der Waals surface area contributed by atoms with Gasteiger partial charge in [0.15, 0.2) is 0 Å². The Balaban J connectivity index is 1.47. The van der Waals surface area contributed by atoms with Crippen molar-refractivity contribution in [2.75, 3.05) is 31.1 Å². The van der Waals surface area contributed by atoms with Crippen molar-refractivity contribution in [3.63, 3.8) is 0 Å². The number of halogens is 3. The third-order valence-corrected chi connectivity index (χ3v) is 8.17. The number of H-pyrrole nitrogens is 1. The number of rotatable bonds is 4. The van der Waals surface area contributed by atoms with Crippen molar-refractivity contribution in [1.82, 2.24) is 19.5 Å². The minimum absolute atomic E-state index is 0.115. The monoisotopic (exact) mass is 471 g/mol. The fraction of sp³-hybridized carbons (Fsp3) is 0.278. The van der Waals surface area contributed by atoms with Crippen molar-refractivity contribution in [3.05, 3.63) is 58.5 Å². The summed E-state index contributed by atoms with van der Waals surface area (Å²) in [5.74, 6) is 0.162. The van der Waals surface area contributed by atoms with E-state index < -0.39 is 21.9 Å². The van der Waals surface area contributed by atoms with E-state index in [9.17, 15) is 26.4 Å². The predicted octanol–water partition coefficient (Wildman–Crippen LogP) is 2.42. The van der Waals surface area contributed by atoms with Crippen LogP contribution < -0.4 is 10.5 Å². The predicted molar refractivity (Wildman–Crippen MR) is 108 cm³/mol. The Bertz CT molecular complexity index is 1230. The van der Waals surface area contributed by atoms with Gasteiger partial charge < -0.3 is 4.90 Å². The second-order valence-corrected chi connectivity index (χ2v) is 9.94. The van der Waals surface area contributed by atoms with E-state index >= 15 is 0 Å². The van der Waals surface area contributed by atoms with Crippen molar-refractivity contribution >= 4 is 27.2 Å². The minimum atomic E-state index is -4.54. The molecule has 1 aliphatic heterocycles. The Morgan fingerprint density at radius 3 is 2.39 bits per heavy atom. The maximum absolute atomic E-state index is 13.0. The Morgan fingerprint density at radius 1 is 1.00 bits per heavy atom. The molecule has 164 valence electrons. The van der Waals surface area contributed by atoms with Gasteiger partial charge in [0, 0.05) is 32.2 Å². The van der Waals surface area contributed by atoms with Crippen LogP contribution in [0.4, 0.5) is 19.0 Å². The van der Waals surface area contributed by atoms with E-state index in [-0.39, 0.29) is 41.8 Å². The molecule has 8 nitrogen and oxygen atoms in total. The molecule has 0 radical (unpaired) electrons. The third-order valence-electron chi connectivity index (χ3n) is 4.69. The lowest BCUT2D eigenvalue weighted by molar-refractivity contribution is -0.141. The number of anilines is 1. The van der Waals surface area contributed by atoms with Gasteiger partial charge in [0.25, 0.3) is 15.6 Å². The number of hydrogen-bond acceptors (Lipinski definition) is 7. The molecule has 1 fully saturated rings. The average molecular weight is 471 g/mol. The molecule has 0 unspecified atom stereocenters. The largest absolute Gasteiger partial charge is 0.433 e. The molecule has 3 aromatic heterocycles. The molecule has 13 heteroatoms. The summed E-state index contributed by atoms with van der Waals surface area (Å²) in [5, 5.41) is 6.20. The van der Waals surface area contributed by atoms with Gasteiger partial charge in [-0.1, -0.05) is 6.07 Å². The van der Waals surface area contributed by atoms with Crippen LogP contribution in [0.5, 0.6) is 0 Å². The lowest BCUT2D eigenvalue weighted by Crippen LogP contribution is -2.48. The number of sulfonamides is 1. The van der Waals surface area contributed by atoms with Crippen molar-refractivity contribution in [2.24, 2.45) is 0 Å². The van der Waals surface area contributed by atoms with Crippen molar-refractivity contribution in [3.8, 4) is 10.6 Å². The summed E-state index contributed by atoms with van der Waals surface area (Å²) in [6.45, 7) is 0.662. The summed E-state index contributed by atoms with van der Waals surface area (Å²) in [5.41, 5.74) is -0.894. The molecule has 0 spiro atoms. The van der Waals surface area contributed by atoms with E-state index in [1.807, 2.05) is 0 Å². The maximum Gasteiger partial charge on any atom is 0.433 e. The third kappa shape index (κ3) is 4.48. The van der Waals surface area contributed by atoms with Gasteiger partial charge in [0.1, 0.15) is 21.4 Å². The lowest BCUT2D eigenvalue weighted by Gasteiger charge is -2.34.